The summed E-state index contributed by atoms with van der Waals surface area (Å²) in [5.74, 6) is 1.92. The van der Waals surface area contributed by atoms with Crippen LogP contribution in [-0.4, -0.2) is 51.8 Å². The molecule has 1 aliphatic heterocycles. The number of benzene rings is 2. The van der Waals surface area contributed by atoms with Gasteiger partial charge in [0.1, 0.15) is 11.6 Å². The monoisotopic (exact) mass is 519 g/mol. The van der Waals surface area contributed by atoms with Gasteiger partial charge in [0.15, 0.2) is 0 Å². The van der Waals surface area contributed by atoms with Gasteiger partial charge >= 0.3 is 0 Å². The van der Waals surface area contributed by atoms with Crippen molar-refractivity contribution in [2.45, 2.75) is 51.5 Å². The number of Topliss-reactive ketones (excluding diaryl/α,β-unsaturated/α-hetero) is 1. The minimum atomic E-state index is 0.376. The Morgan fingerprint density at radius 1 is 0.821 bits per heavy atom. The van der Waals surface area contributed by atoms with E-state index in [1.165, 1.54) is 37.7 Å². The Labute approximate surface area is 231 Å². The van der Waals surface area contributed by atoms with Crippen molar-refractivity contribution in [2.75, 3.05) is 31.1 Å². The third-order valence-corrected chi connectivity index (χ3v) is 8.28. The summed E-state index contributed by atoms with van der Waals surface area (Å²) in [6, 6.07) is 18.9. The quantitative estimate of drug-likeness (QED) is 0.280. The second kappa shape index (κ2) is 12.0. The molecule has 1 saturated carbocycles. The molecule has 3 heterocycles. The fourth-order valence-electron chi connectivity index (χ4n) is 6.05. The summed E-state index contributed by atoms with van der Waals surface area (Å²) < 4.78 is 0. The van der Waals surface area contributed by atoms with Crippen LogP contribution in [0, 0.1) is 5.92 Å². The van der Waals surface area contributed by atoms with Crippen LogP contribution < -0.4 is 4.90 Å². The summed E-state index contributed by atoms with van der Waals surface area (Å²) in [5, 5.41) is 0. The second-order valence-corrected chi connectivity index (χ2v) is 11.2. The summed E-state index contributed by atoms with van der Waals surface area (Å²) in [6.07, 6.45) is 13.3. The lowest BCUT2D eigenvalue weighted by Crippen LogP contribution is -2.46. The number of rotatable bonds is 8. The normalized spacial score (nSPS) is 17.0. The maximum absolute atomic E-state index is 12.6. The van der Waals surface area contributed by atoms with E-state index in [-0.39, 0.29) is 0 Å². The third-order valence-electron chi connectivity index (χ3n) is 8.28. The highest BCUT2D eigenvalue weighted by molar-refractivity contribution is 5.83. The molecule has 2 aromatic heterocycles. The molecule has 6 nitrogen and oxygen atoms in total. The molecule has 0 N–H and O–H groups in total. The molecule has 0 amide bonds. The van der Waals surface area contributed by atoms with Crippen molar-refractivity contribution >= 4 is 22.6 Å². The molecule has 0 bridgehead atoms. The number of hydrogen-bond donors (Lipinski definition) is 0. The molecule has 39 heavy (non-hydrogen) atoms. The fraction of sp³-hybridized carbons (Fsp3) is 0.394. The highest BCUT2D eigenvalue weighted by Gasteiger charge is 2.19. The zero-order chi connectivity index (χ0) is 26.4. The summed E-state index contributed by atoms with van der Waals surface area (Å²) in [5.41, 5.74) is 6.43. The smallest absolute Gasteiger partial charge is 0.147 e. The topological polar surface area (TPSA) is 62.2 Å². The number of carbonyl (C=O) groups excluding carboxylic acids is 1. The van der Waals surface area contributed by atoms with Gasteiger partial charge in [-0.2, -0.15) is 0 Å². The lowest BCUT2D eigenvalue weighted by Gasteiger charge is -2.35. The van der Waals surface area contributed by atoms with Gasteiger partial charge in [0.25, 0.3) is 0 Å². The van der Waals surface area contributed by atoms with Crippen molar-refractivity contribution in [3.8, 4) is 11.1 Å². The zero-order valence-corrected chi connectivity index (χ0v) is 22.6. The first-order valence-corrected chi connectivity index (χ1v) is 14.4. The van der Waals surface area contributed by atoms with Gasteiger partial charge < -0.3 is 4.90 Å². The van der Waals surface area contributed by atoms with Crippen LogP contribution in [0.3, 0.4) is 0 Å². The maximum atomic E-state index is 12.6. The second-order valence-electron chi connectivity index (χ2n) is 11.2. The van der Waals surface area contributed by atoms with Crippen LogP contribution in [-0.2, 0) is 17.8 Å². The van der Waals surface area contributed by atoms with E-state index in [2.05, 4.69) is 63.3 Å². The largest absolute Gasteiger partial charge is 0.353 e. The molecule has 0 radical (unpaired) electrons. The molecule has 6 rings (SSSR count). The van der Waals surface area contributed by atoms with E-state index in [0.717, 1.165) is 72.7 Å². The minimum Gasteiger partial charge on any atom is -0.353 e. The molecule has 0 spiro atoms. The van der Waals surface area contributed by atoms with Gasteiger partial charge in [-0.15, -0.1) is 0 Å². The van der Waals surface area contributed by atoms with E-state index in [0.29, 0.717) is 18.1 Å². The Bertz CT molecular complexity index is 1390. The van der Waals surface area contributed by atoms with E-state index in [4.69, 9.17) is 9.97 Å². The summed E-state index contributed by atoms with van der Waals surface area (Å²) in [7, 11) is 0. The average Bonchev–Trinajstić information content (AvgIpc) is 2.98. The van der Waals surface area contributed by atoms with E-state index in [1.807, 2.05) is 24.7 Å². The molecular weight excluding hydrogens is 482 g/mol. The molecule has 1 saturated heterocycles. The number of fused-ring (bicyclic) bond motifs is 1. The molecule has 1 aliphatic carbocycles. The highest BCUT2D eigenvalue weighted by Crippen LogP contribution is 2.28. The number of aromatic nitrogens is 3. The Morgan fingerprint density at radius 2 is 1.62 bits per heavy atom. The molecule has 200 valence electrons. The average molecular weight is 520 g/mol. The van der Waals surface area contributed by atoms with Gasteiger partial charge in [-0.05, 0) is 46.4 Å². The van der Waals surface area contributed by atoms with Crippen molar-refractivity contribution in [2.24, 2.45) is 5.92 Å². The zero-order valence-electron chi connectivity index (χ0n) is 22.6. The molecule has 2 aromatic carbocycles. The summed E-state index contributed by atoms with van der Waals surface area (Å²) >= 11 is 0. The predicted molar refractivity (Wildman–Crippen MR) is 157 cm³/mol. The number of nitrogens with zero attached hydrogens (tertiary/aromatic N) is 5. The van der Waals surface area contributed by atoms with Crippen LogP contribution in [0.2, 0.25) is 0 Å². The molecular formula is C33H37N5O. The van der Waals surface area contributed by atoms with Crippen molar-refractivity contribution < 1.29 is 4.79 Å². The molecule has 2 aliphatic rings. The first kappa shape index (κ1) is 25.6. The van der Waals surface area contributed by atoms with Crippen LogP contribution in [0.25, 0.3) is 22.2 Å². The first-order valence-electron chi connectivity index (χ1n) is 14.4. The van der Waals surface area contributed by atoms with Gasteiger partial charge in [0, 0.05) is 58.0 Å². The SMILES string of the molecule is O=C(Cc1ccc(-c2ccc3ncc(N4CCN(Cc5cccnc5)CC4)nc3c2)cc1)CC1CCCCC1. The van der Waals surface area contributed by atoms with Crippen LogP contribution >= 0.6 is 0 Å². The number of anilines is 1. The number of hydrogen-bond acceptors (Lipinski definition) is 6. The number of carbonyl (C=O) groups is 1. The Kier molecular flexibility index (Phi) is 7.91. The molecule has 0 unspecified atom stereocenters. The van der Waals surface area contributed by atoms with Crippen molar-refractivity contribution in [3.05, 3.63) is 84.3 Å². The summed E-state index contributed by atoms with van der Waals surface area (Å²) in [4.78, 5) is 31.4. The number of piperazine rings is 1. The van der Waals surface area contributed by atoms with E-state index in [1.54, 1.807) is 0 Å². The molecule has 4 aromatic rings. The Balaban J connectivity index is 1.09. The van der Waals surface area contributed by atoms with Gasteiger partial charge in [-0.1, -0.05) is 68.5 Å². The first-order chi connectivity index (χ1) is 19.2. The maximum Gasteiger partial charge on any atom is 0.147 e. The fourth-order valence-corrected chi connectivity index (χ4v) is 6.05. The van der Waals surface area contributed by atoms with Crippen LogP contribution in [0.5, 0.6) is 0 Å². The minimum absolute atomic E-state index is 0.376. The third kappa shape index (κ3) is 6.51. The number of ketones is 1. The van der Waals surface area contributed by atoms with Crippen LogP contribution in [0.4, 0.5) is 5.82 Å². The lowest BCUT2D eigenvalue weighted by atomic mass is 9.85. The van der Waals surface area contributed by atoms with Gasteiger partial charge in [0.2, 0.25) is 0 Å². The lowest BCUT2D eigenvalue weighted by molar-refractivity contribution is -0.119. The Hall–Kier alpha value is -3.64. The molecule has 2 fully saturated rings. The van der Waals surface area contributed by atoms with Crippen molar-refractivity contribution in [3.63, 3.8) is 0 Å². The molecule has 6 heteroatoms. The highest BCUT2D eigenvalue weighted by atomic mass is 16.1. The number of pyridine rings is 1. The standard InChI is InChI=1S/C33H37N5O/c39-30(19-25-5-2-1-3-6-25)20-26-8-10-28(11-9-26)29-12-13-31-32(21-29)36-33(23-35-31)38-17-15-37(16-18-38)24-27-7-4-14-34-22-27/h4,7-14,21-23,25H,1-3,5-6,15-20,24H2. The van der Waals surface area contributed by atoms with Gasteiger partial charge in [0.05, 0.1) is 17.2 Å². The van der Waals surface area contributed by atoms with E-state index < -0.39 is 0 Å². The Morgan fingerprint density at radius 3 is 2.38 bits per heavy atom. The summed E-state index contributed by atoms with van der Waals surface area (Å²) in [6.45, 7) is 4.78. The van der Waals surface area contributed by atoms with Crippen molar-refractivity contribution in [1.82, 2.24) is 19.9 Å². The van der Waals surface area contributed by atoms with Crippen LogP contribution in [0.15, 0.2) is 73.2 Å². The van der Waals surface area contributed by atoms with Crippen molar-refractivity contribution in [1.29, 1.82) is 0 Å². The van der Waals surface area contributed by atoms with E-state index >= 15 is 0 Å². The van der Waals surface area contributed by atoms with Gasteiger partial charge in [-0.3, -0.25) is 19.7 Å². The predicted octanol–water partition coefficient (Wildman–Crippen LogP) is 6.10. The van der Waals surface area contributed by atoms with E-state index in [9.17, 15) is 4.79 Å². The van der Waals surface area contributed by atoms with Crippen LogP contribution in [0.1, 0.15) is 49.7 Å². The molecule has 0 atom stereocenters. The van der Waals surface area contributed by atoms with Gasteiger partial charge in [-0.25, -0.2) is 4.98 Å².